The van der Waals surface area contributed by atoms with Crippen LogP contribution in [0.5, 0.6) is 0 Å². The lowest BCUT2D eigenvalue weighted by molar-refractivity contribution is -0.137. The second kappa shape index (κ2) is 5.36. The second-order valence-electron chi connectivity index (χ2n) is 4.99. The molecule has 106 valence electrons. The Bertz CT molecular complexity index is 433. The van der Waals surface area contributed by atoms with E-state index < -0.39 is 11.7 Å². The van der Waals surface area contributed by atoms with Crippen molar-refractivity contribution in [3.8, 4) is 0 Å². The van der Waals surface area contributed by atoms with Crippen molar-refractivity contribution < 1.29 is 13.2 Å². The van der Waals surface area contributed by atoms with Crippen molar-refractivity contribution in [2.24, 2.45) is 11.7 Å². The highest BCUT2D eigenvalue weighted by molar-refractivity contribution is 5.50. The van der Waals surface area contributed by atoms with Gasteiger partial charge in [0.1, 0.15) is 5.82 Å². The Balaban J connectivity index is 2.40. The molecule has 1 aliphatic rings. The first-order valence-corrected chi connectivity index (χ1v) is 6.44. The highest BCUT2D eigenvalue weighted by atomic mass is 19.4. The van der Waals surface area contributed by atoms with Gasteiger partial charge in [-0.3, -0.25) is 0 Å². The maximum atomic E-state index is 13.0. The first kappa shape index (κ1) is 14.1. The Morgan fingerprint density at radius 3 is 2.84 bits per heavy atom. The summed E-state index contributed by atoms with van der Waals surface area (Å²) < 4.78 is 39.1. The summed E-state index contributed by atoms with van der Waals surface area (Å²) in [4.78, 5) is 5.67. The highest BCUT2D eigenvalue weighted by Crippen LogP contribution is 2.37. The molecule has 2 rings (SSSR count). The monoisotopic (exact) mass is 273 g/mol. The highest BCUT2D eigenvalue weighted by Gasteiger charge is 2.38. The van der Waals surface area contributed by atoms with E-state index in [4.69, 9.17) is 5.73 Å². The van der Waals surface area contributed by atoms with Crippen molar-refractivity contribution in [2.75, 3.05) is 18.0 Å². The molecule has 0 bridgehead atoms. The van der Waals surface area contributed by atoms with Gasteiger partial charge in [-0.1, -0.05) is 6.92 Å². The number of aromatic nitrogens is 1. The predicted octanol–water partition coefficient (Wildman–Crippen LogP) is 2.66. The topological polar surface area (TPSA) is 42.2 Å². The summed E-state index contributed by atoms with van der Waals surface area (Å²) in [5.74, 6) is 0.291. The third-order valence-electron chi connectivity index (χ3n) is 3.72. The standard InChI is InChI=1S/C13H18F3N3/c1-9-4-3-7-19(11(9)8-17)12-10(13(14,15)16)5-2-6-18-12/h2,5-6,9,11H,3-4,7-8,17H2,1H3. The minimum absolute atomic E-state index is 0.0111. The molecule has 1 aliphatic heterocycles. The lowest BCUT2D eigenvalue weighted by atomic mass is 9.90. The Morgan fingerprint density at radius 2 is 2.21 bits per heavy atom. The van der Waals surface area contributed by atoms with Crippen LogP contribution in [0.3, 0.4) is 0 Å². The minimum atomic E-state index is -4.39. The number of anilines is 1. The molecule has 1 aromatic heterocycles. The van der Waals surface area contributed by atoms with Gasteiger partial charge in [0.25, 0.3) is 0 Å². The molecule has 1 fully saturated rings. The van der Waals surface area contributed by atoms with Crippen molar-refractivity contribution in [3.05, 3.63) is 23.9 Å². The minimum Gasteiger partial charge on any atom is -0.352 e. The van der Waals surface area contributed by atoms with E-state index in [1.165, 1.54) is 12.3 Å². The number of nitrogens with two attached hydrogens (primary N) is 1. The second-order valence-corrected chi connectivity index (χ2v) is 4.99. The van der Waals surface area contributed by atoms with Gasteiger partial charge < -0.3 is 10.6 Å². The maximum absolute atomic E-state index is 13.0. The van der Waals surface area contributed by atoms with E-state index in [1.807, 2.05) is 6.92 Å². The van der Waals surface area contributed by atoms with E-state index in [-0.39, 0.29) is 17.8 Å². The fourth-order valence-corrected chi connectivity index (χ4v) is 2.72. The number of nitrogens with zero attached hydrogens (tertiary/aromatic N) is 2. The average molecular weight is 273 g/mol. The zero-order chi connectivity index (χ0) is 14.0. The van der Waals surface area contributed by atoms with Crippen molar-refractivity contribution in [3.63, 3.8) is 0 Å². The summed E-state index contributed by atoms with van der Waals surface area (Å²) in [7, 11) is 0. The van der Waals surface area contributed by atoms with E-state index in [0.717, 1.165) is 18.9 Å². The van der Waals surface area contributed by atoms with Crippen LogP contribution in [0.25, 0.3) is 0 Å². The number of rotatable bonds is 2. The largest absolute Gasteiger partial charge is 0.419 e. The summed E-state index contributed by atoms with van der Waals surface area (Å²) in [5.41, 5.74) is 5.05. The third kappa shape index (κ3) is 2.83. The smallest absolute Gasteiger partial charge is 0.352 e. The van der Waals surface area contributed by atoms with E-state index >= 15 is 0 Å². The van der Waals surface area contributed by atoms with Gasteiger partial charge in [0.15, 0.2) is 0 Å². The molecule has 2 N–H and O–H groups in total. The van der Waals surface area contributed by atoms with Crippen LogP contribution in [0.1, 0.15) is 25.3 Å². The molecule has 0 radical (unpaired) electrons. The van der Waals surface area contributed by atoms with Crippen molar-refractivity contribution in [2.45, 2.75) is 32.0 Å². The molecular weight excluding hydrogens is 255 g/mol. The van der Waals surface area contributed by atoms with E-state index in [1.54, 1.807) is 4.90 Å². The van der Waals surface area contributed by atoms with Gasteiger partial charge in [0, 0.05) is 25.3 Å². The summed E-state index contributed by atoms with van der Waals surface area (Å²) in [6.07, 6.45) is -1.13. The van der Waals surface area contributed by atoms with Gasteiger partial charge in [-0.25, -0.2) is 4.98 Å². The number of alkyl halides is 3. The summed E-state index contributed by atoms with van der Waals surface area (Å²) in [6, 6.07) is 2.32. The van der Waals surface area contributed by atoms with E-state index in [2.05, 4.69) is 4.98 Å². The van der Waals surface area contributed by atoms with Crippen molar-refractivity contribution >= 4 is 5.82 Å². The number of piperidine rings is 1. The maximum Gasteiger partial charge on any atom is 0.419 e. The zero-order valence-electron chi connectivity index (χ0n) is 10.8. The molecule has 2 heterocycles. The fraction of sp³-hybridized carbons (Fsp3) is 0.615. The Kier molecular flexibility index (Phi) is 3.99. The Labute approximate surface area is 110 Å². The fourth-order valence-electron chi connectivity index (χ4n) is 2.72. The van der Waals surface area contributed by atoms with Gasteiger partial charge in [-0.05, 0) is 30.9 Å². The van der Waals surface area contributed by atoms with Crippen LogP contribution in [0.4, 0.5) is 19.0 Å². The lowest BCUT2D eigenvalue weighted by Gasteiger charge is -2.41. The predicted molar refractivity (Wildman–Crippen MR) is 67.8 cm³/mol. The molecule has 1 saturated heterocycles. The molecule has 0 aromatic carbocycles. The molecule has 6 heteroatoms. The molecular formula is C13H18F3N3. The average Bonchev–Trinajstić information content (AvgIpc) is 2.37. The van der Waals surface area contributed by atoms with Gasteiger partial charge in [-0.15, -0.1) is 0 Å². The van der Waals surface area contributed by atoms with Crippen molar-refractivity contribution in [1.82, 2.24) is 4.98 Å². The van der Waals surface area contributed by atoms with Gasteiger partial charge >= 0.3 is 6.18 Å². The van der Waals surface area contributed by atoms with E-state index in [9.17, 15) is 13.2 Å². The first-order valence-electron chi connectivity index (χ1n) is 6.44. The molecule has 0 spiro atoms. The number of hydrogen-bond donors (Lipinski definition) is 1. The summed E-state index contributed by atoms with van der Waals surface area (Å²) >= 11 is 0. The molecule has 1 aromatic rings. The number of halogens is 3. The molecule has 0 saturated carbocycles. The first-order chi connectivity index (χ1) is 8.95. The Morgan fingerprint density at radius 1 is 1.47 bits per heavy atom. The SMILES string of the molecule is CC1CCCN(c2ncccc2C(F)(F)F)C1CN. The quantitative estimate of drug-likeness (QED) is 0.900. The molecule has 0 aliphatic carbocycles. The normalized spacial score (nSPS) is 24.6. The van der Waals surface area contributed by atoms with Crippen LogP contribution in [-0.4, -0.2) is 24.1 Å². The van der Waals surface area contributed by atoms with Crippen LogP contribution < -0.4 is 10.6 Å². The van der Waals surface area contributed by atoms with Crippen LogP contribution in [0.15, 0.2) is 18.3 Å². The van der Waals surface area contributed by atoms with Gasteiger partial charge in [0.2, 0.25) is 0 Å². The molecule has 19 heavy (non-hydrogen) atoms. The zero-order valence-corrected chi connectivity index (χ0v) is 10.8. The third-order valence-corrected chi connectivity index (χ3v) is 3.72. The summed E-state index contributed by atoms with van der Waals surface area (Å²) in [5, 5.41) is 0. The molecule has 2 atom stereocenters. The van der Waals surface area contributed by atoms with Gasteiger partial charge in [-0.2, -0.15) is 13.2 Å². The van der Waals surface area contributed by atoms with Crippen LogP contribution in [-0.2, 0) is 6.18 Å². The summed E-state index contributed by atoms with van der Waals surface area (Å²) in [6.45, 7) is 2.95. The molecule has 0 amide bonds. The van der Waals surface area contributed by atoms with E-state index in [0.29, 0.717) is 13.1 Å². The lowest BCUT2D eigenvalue weighted by Crippen LogP contribution is -2.49. The number of pyridine rings is 1. The van der Waals surface area contributed by atoms with Gasteiger partial charge in [0.05, 0.1) is 5.56 Å². The van der Waals surface area contributed by atoms with Crippen LogP contribution in [0, 0.1) is 5.92 Å². The van der Waals surface area contributed by atoms with Crippen LogP contribution in [0.2, 0.25) is 0 Å². The molecule has 3 nitrogen and oxygen atoms in total. The number of hydrogen-bond acceptors (Lipinski definition) is 3. The van der Waals surface area contributed by atoms with Crippen molar-refractivity contribution in [1.29, 1.82) is 0 Å². The van der Waals surface area contributed by atoms with Crippen LogP contribution >= 0.6 is 0 Å². The molecule has 2 unspecified atom stereocenters. The Hall–Kier alpha value is -1.30.